The maximum atomic E-state index is 11.8. The molecular weight excluding hydrogens is 380 g/mol. The lowest BCUT2D eigenvalue weighted by Gasteiger charge is -2.13. The van der Waals surface area contributed by atoms with Crippen molar-refractivity contribution in [3.05, 3.63) is 71.3 Å². The fraction of sp³-hybridized carbons (Fsp3) is 0.261. The Kier molecular flexibility index (Phi) is 6.20. The van der Waals surface area contributed by atoms with Crippen LogP contribution in [0.2, 0.25) is 0 Å². The van der Waals surface area contributed by atoms with Gasteiger partial charge in [-0.1, -0.05) is 44.2 Å². The van der Waals surface area contributed by atoms with Gasteiger partial charge in [0.2, 0.25) is 0 Å². The third kappa shape index (κ3) is 4.20. The van der Waals surface area contributed by atoms with Crippen LogP contribution < -0.4 is 5.49 Å². The van der Waals surface area contributed by atoms with Crippen molar-refractivity contribution in [1.29, 1.82) is 0 Å². The summed E-state index contributed by atoms with van der Waals surface area (Å²) >= 11 is 0. The highest BCUT2D eigenvalue weighted by Crippen LogP contribution is 2.20. The summed E-state index contributed by atoms with van der Waals surface area (Å²) < 4.78 is 3.75. The number of aromatic nitrogens is 2. The fourth-order valence-corrected chi connectivity index (χ4v) is 3.19. The molecule has 156 valence electrons. The average Bonchev–Trinajstić information content (AvgIpc) is 2.95. The standard InChI is InChI=1S/C23H26N4O3/c1-15(2)20(23(29)30)25-22-21(24-14-17-10-8-9-13-19(17)28)16(3)26(4)27(22)18-11-6-5-7-12-18/h5-15,20,28H,1-4H3,(H,29,30)/t20-/m0/s1. The minimum Gasteiger partial charge on any atom is -0.507 e. The summed E-state index contributed by atoms with van der Waals surface area (Å²) in [4.78, 5) is 21.1. The van der Waals surface area contributed by atoms with Gasteiger partial charge < -0.3 is 10.2 Å². The lowest BCUT2D eigenvalue weighted by molar-refractivity contribution is -0.139. The zero-order valence-corrected chi connectivity index (χ0v) is 17.5. The molecule has 7 heteroatoms. The van der Waals surface area contributed by atoms with Gasteiger partial charge in [-0.05, 0) is 37.1 Å². The first-order valence-corrected chi connectivity index (χ1v) is 9.74. The second-order valence-electron chi connectivity index (χ2n) is 7.40. The zero-order chi connectivity index (χ0) is 21.8. The first-order chi connectivity index (χ1) is 14.3. The van der Waals surface area contributed by atoms with E-state index in [1.165, 1.54) is 0 Å². The Morgan fingerprint density at radius 3 is 2.30 bits per heavy atom. The molecule has 0 unspecified atom stereocenters. The summed E-state index contributed by atoms with van der Waals surface area (Å²) in [6.07, 6.45) is 1.57. The largest absolute Gasteiger partial charge is 0.507 e. The zero-order valence-electron chi connectivity index (χ0n) is 17.5. The SMILES string of the molecule is Cc1c(N=Cc2ccccc2O)c(=N[C@H](C(=O)O)C(C)C)n(-c2ccccc2)n1C. The van der Waals surface area contributed by atoms with Crippen LogP contribution in [0.25, 0.3) is 5.69 Å². The van der Waals surface area contributed by atoms with E-state index in [4.69, 9.17) is 0 Å². The van der Waals surface area contributed by atoms with E-state index < -0.39 is 12.0 Å². The number of benzene rings is 2. The van der Waals surface area contributed by atoms with Crippen LogP contribution in [-0.4, -0.2) is 37.8 Å². The lowest BCUT2D eigenvalue weighted by atomic mass is 10.1. The van der Waals surface area contributed by atoms with E-state index >= 15 is 0 Å². The third-order valence-corrected chi connectivity index (χ3v) is 4.96. The highest BCUT2D eigenvalue weighted by atomic mass is 16.4. The number of hydrogen-bond acceptors (Lipinski definition) is 4. The van der Waals surface area contributed by atoms with Crippen LogP contribution in [0.3, 0.4) is 0 Å². The molecule has 0 amide bonds. The molecule has 0 aliphatic carbocycles. The first-order valence-electron chi connectivity index (χ1n) is 9.74. The van der Waals surface area contributed by atoms with Crippen molar-refractivity contribution in [3.8, 4) is 11.4 Å². The summed E-state index contributed by atoms with van der Waals surface area (Å²) in [5.74, 6) is -1.06. The molecule has 1 heterocycles. The molecule has 0 bridgehead atoms. The average molecular weight is 406 g/mol. The van der Waals surface area contributed by atoms with Gasteiger partial charge in [-0.3, -0.25) is 9.67 Å². The summed E-state index contributed by atoms with van der Waals surface area (Å²) in [5, 5.41) is 19.7. The van der Waals surface area contributed by atoms with Gasteiger partial charge in [-0.15, -0.1) is 0 Å². The number of para-hydroxylation sites is 2. The predicted octanol–water partition coefficient (Wildman–Crippen LogP) is 3.59. The Morgan fingerprint density at radius 1 is 1.07 bits per heavy atom. The molecule has 3 rings (SSSR count). The van der Waals surface area contributed by atoms with Crippen molar-refractivity contribution in [3.63, 3.8) is 0 Å². The number of aromatic hydroxyl groups is 1. The monoisotopic (exact) mass is 406 g/mol. The second kappa shape index (κ2) is 8.82. The molecule has 30 heavy (non-hydrogen) atoms. The van der Waals surface area contributed by atoms with Crippen molar-refractivity contribution in [2.45, 2.75) is 26.8 Å². The van der Waals surface area contributed by atoms with Crippen LogP contribution in [0.15, 0.2) is 64.6 Å². The summed E-state index contributed by atoms with van der Waals surface area (Å²) in [7, 11) is 1.88. The number of phenolic OH excluding ortho intramolecular Hbond substituents is 1. The number of carboxylic acids is 1. The van der Waals surface area contributed by atoms with E-state index in [1.54, 1.807) is 24.4 Å². The molecule has 2 N–H and O–H groups in total. The number of carbonyl (C=O) groups is 1. The Hall–Kier alpha value is -3.61. The van der Waals surface area contributed by atoms with Gasteiger partial charge in [0.15, 0.2) is 11.5 Å². The van der Waals surface area contributed by atoms with E-state index in [-0.39, 0.29) is 11.7 Å². The number of rotatable bonds is 6. The van der Waals surface area contributed by atoms with Crippen molar-refractivity contribution in [2.75, 3.05) is 0 Å². The Balaban J connectivity index is 2.29. The number of carboxylic acid groups (broad SMARTS) is 1. The van der Waals surface area contributed by atoms with Gasteiger partial charge in [0.25, 0.3) is 0 Å². The molecule has 7 nitrogen and oxygen atoms in total. The van der Waals surface area contributed by atoms with Crippen LogP contribution in [0, 0.1) is 12.8 Å². The Labute approximate surface area is 175 Å². The number of phenols is 1. The molecule has 0 aliphatic rings. The molecule has 1 atom stereocenters. The molecule has 3 aromatic rings. The second-order valence-corrected chi connectivity index (χ2v) is 7.40. The maximum absolute atomic E-state index is 11.8. The van der Waals surface area contributed by atoms with Gasteiger partial charge in [-0.25, -0.2) is 14.5 Å². The third-order valence-electron chi connectivity index (χ3n) is 4.96. The Bertz CT molecular complexity index is 1140. The molecule has 1 aromatic heterocycles. The molecule has 0 saturated heterocycles. The number of aliphatic carboxylic acids is 1. The Morgan fingerprint density at radius 2 is 1.70 bits per heavy atom. The molecule has 0 aliphatic heterocycles. The summed E-state index contributed by atoms with van der Waals surface area (Å²) in [6.45, 7) is 5.56. The summed E-state index contributed by atoms with van der Waals surface area (Å²) in [5.41, 5.74) is 3.23. The van der Waals surface area contributed by atoms with Crippen LogP contribution in [0.5, 0.6) is 5.75 Å². The molecule has 2 aromatic carbocycles. The first kappa shape index (κ1) is 21.1. The lowest BCUT2D eigenvalue weighted by Crippen LogP contribution is -2.30. The van der Waals surface area contributed by atoms with Crippen LogP contribution in [-0.2, 0) is 11.8 Å². The molecule has 0 fully saturated rings. The fourth-order valence-electron chi connectivity index (χ4n) is 3.19. The molecular formula is C23H26N4O3. The van der Waals surface area contributed by atoms with Gasteiger partial charge >= 0.3 is 5.97 Å². The maximum Gasteiger partial charge on any atom is 0.328 e. The van der Waals surface area contributed by atoms with E-state index in [0.29, 0.717) is 16.7 Å². The highest BCUT2D eigenvalue weighted by molar-refractivity contribution is 5.85. The van der Waals surface area contributed by atoms with Crippen LogP contribution in [0.4, 0.5) is 5.69 Å². The number of aliphatic imine (C=N–C) groups is 1. The normalized spacial score (nSPS) is 13.3. The van der Waals surface area contributed by atoms with Crippen molar-refractivity contribution in [1.82, 2.24) is 9.36 Å². The quantitative estimate of drug-likeness (QED) is 0.613. The van der Waals surface area contributed by atoms with Crippen molar-refractivity contribution < 1.29 is 15.0 Å². The van der Waals surface area contributed by atoms with Gasteiger partial charge in [-0.2, -0.15) is 0 Å². The summed E-state index contributed by atoms with van der Waals surface area (Å²) in [6, 6.07) is 15.6. The topological polar surface area (TPSA) is 92.1 Å². The van der Waals surface area contributed by atoms with Gasteiger partial charge in [0.05, 0.1) is 11.4 Å². The van der Waals surface area contributed by atoms with Crippen molar-refractivity contribution >= 4 is 17.9 Å². The smallest absolute Gasteiger partial charge is 0.328 e. The van der Waals surface area contributed by atoms with E-state index in [1.807, 2.05) is 73.6 Å². The number of nitrogens with zero attached hydrogens (tertiary/aromatic N) is 4. The number of hydrogen-bond donors (Lipinski definition) is 2. The van der Waals surface area contributed by atoms with Crippen LogP contribution in [0.1, 0.15) is 25.1 Å². The van der Waals surface area contributed by atoms with Gasteiger partial charge in [0, 0.05) is 18.8 Å². The van der Waals surface area contributed by atoms with E-state index in [0.717, 1.165) is 11.4 Å². The minimum atomic E-state index is -0.984. The van der Waals surface area contributed by atoms with E-state index in [9.17, 15) is 15.0 Å². The van der Waals surface area contributed by atoms with Crippen molar-refractivity contribution in [2.24, 2.45) is 23.0 Å². The molecule has 0 radical (unpaired) electrons. The molecule has 0 saturated carbocycles. The predicted molar refractivity (Wildman–Crippen MR) is 117 cm³/mol. The van der Waals surface area contributed by atoms with Gasteiger partial charge in [0.1, 0.15) is 11.4 Å². The minimum absolute atomic E-state index is 0.120. The van der Waals surface area contributed by atoms with E-state index in [2.05, 4.69) is 9.98 Å². The highest BCUT2D eigenvalue weighted by Gasteiger charge is 2.23. The van der Waals surface area contributed by atoms with Crippen LogP contribution >= 0.6 is 0 Å². The molecule has 0 spiro atoms.